The normalized spacial score (nSPS) is 27.2. The first-order valence-electron chi connectivity index (χ1n) is 5.30. The summed E-state index contributed by atoms with van der Waals surface area (Å²) in [6, 6.07) is 5.92. The van der Waals surface area contributed by atoms with Crippen molar-refractivity contribution >= 4 is 0 Å². The summed E-state index contributed by atoms with van der Waals surface area (Å²) in [5, 5.41) is 0. The van der Waals surface area contributed by atoms with E-state index in [9.17, 15) is 4.39 Å². The van der Waals surface area contributed by atoms with Crippen LogP contribution in [0.1, 0.15) is 23.6 Å². The third kappa shape index (κ3) is 2.03. The number of benzene rings is 1. The van der Waals surface area contributed by atoms with Crippen molar-refractivity contribution < 1.29 is 4.39 Å². The maximum absolute atomic E-state index is 13.1. The smallest absolute Gasteiger partial charge is 0.126 e. The monoisotopic (exact) mass is 208 g/mol. The van der Waals surface area contributed by atoms with Crippen LogP contribution in [0.25, 0.3) is 0 Å². The average molecular weight is 208 g/mol. The van der Waals surface area contributed by atoms with Gasteiger partial charge in [-0.3, -0.25) is 4.90 Å². The molecule has 0 aromatic heterocycles. The minimum atomic E-state index is -0.135. The van der Waals surface area contributed by atoms with Crippen molar-refractivity contribution in [1.82, 2.24) is 4.90 Å². The third-order valence-electron chi connectivity index (χ3n) is 3.15. The van der Waals surface area contributed by atoms with E-state index >= 15 is 0 Å². The molecule has 3 heteroatoms. The maximum Gasteiger partial charge on any atom is 0.126 e. The van der Waals surface area contributed by atoms with Gasteiger partial charge in [-0.15, -0.1) is 0 Å². The van der Waals surface area contributed by atoms with Crippen molar-refractivity contribution in [3.05, 3.63) is 35.1 Å². The van der Waals surface area contributed by atoms with Crippen LogP contribution in [0, 0.1) is 12.7 Å². The molecule has 1 saturated heterocycles. The molecule has 0 radical (unpaired) electrons. The Bertz CT molecular complexity index is 365. The Morgan fingerprint density at radius 1 is 1.47 bits per heavy atom. The molecule has 1 aromatic carbocycles. The van der Waals surface area contributed by atoms with E-state index in [-0.39, 0.29) is 11.9 Å². The molecule has 1 fully saturated rings. The molecular formula is C12H17FN2. The molecule has 0 amide bonds. The number of nitrogens with zero attached hydrogens (tertiary/aromatic N) is 1. The van der Waals surface area contributed by atoms with Crippen molar-refractivity contribution in [3.63, 3.8) is 0 Å². The Morgan fingerprint density at radius 3 is 2.73 bits per heavy atom. The van der Waals surface area contributed by atoms with Gasteiger partial charge in [-0.05, 0) is 37.6 Å². The predicted molar refractivity (Wildman–Crippen MR) is 59.1 cm³/mol. The van der Waals surface area contributed by atoms with Crippen LogP contribution in [0.15, 0.2) is 18.2 Å². The van der Waals surface area contributed by atoms with E-state index in [1.165, 1.54) is 5.56 Å². The number of hydrogen-bond donors (Lipinski definition) is 1. The number of likely N-dealkylation sites (tertiary alicyclic amines) is 1. The zero-order valence-electron chi connectivity index (χ0n) is 9.20. The van der Waals surface area contributed by atoms with Gasteiger partial charge in [0.2, 0.25) is 0 Å². The highest BCUT2D eigenvalue weighted by Gasteiger charge is 2.28. The van der Waals surface area contributed by atoms with Gasteiger partial charge in [-0.2, -0.15) is 0 Å². The van der Waals surface area contributed by atoms with Gasteiger partial charge in [0.15, 0.2) is 0 Å². The van der Waals surface area contributed by atoms with Crippen LogP contribution in [-0.2, 0) is 0 Å². The van der Waals surface area contributed by atoms with Crippen LogP contribution < -0.4 is 5.73 Å². The van der Waals surface area contributed by atoms with Crippen LogP contribution in [0.3, 0.4) is 0 Å². The lowest BCUT2D eigenvalue weighted by atomic mass is 10.0. The Morgan fingerprint density at radius 2 is 2.20 bits per heavy atom. The molecule has 1 aliphatic rings. The number of aryl methyl sites for hydroxylation is 1. The summed E-state index contributed by atoms with van der Waals surface area (Å²) < 4.78 is 13.1. The summed E-state index contributed by atoms with van der Waals surface area (Å²) in [7, 11) is 2.07. The number of likely N-dealkylation sites (N-methyl/N-ethyl adjacent to an activating group) is 1. The molecule has 1 aromatic rings. The van der Waals surface area contributed by atoms with Crippen molar-refractivity contribution in [1.29, 1.82) is 0 Å². The third-order valence-corrected chi connectivity index (χ3v) is 3.15. The fourth-order valence-electron chi connectivity index (χ4n) is 2.30. The SMILES string of the molecule is Cc1cc(C2CC(N)CN2C)ccc1F. The molecule has 82 valence electrons. The first-order chi connectivity index (χ1) is 7.08. The predicted octanol–water partition coefficient (Wildman–Crippen LogP) is 1.84. The molecule has 0 aliphatic carbocycles. The van der Waals surface area contributed by atoms with E-state index in [4.69, 9.17) is 5.73 Å². The second kappa shape index (κ2) is 3.91. The summed E-state index contributed by atoms with van der Waals surface area (Å²) in [5.41, 5.74) is 7.79. The van der Waals surface area contributed by atoms with Crippen molar-refractivity contribution in [3.8, 4) is 0 Å². The van der Waals surface area contributed by atoms with E-state index in [0.717, 1.165) is 13.0 Å². The van der Waals surface area contributed by atoms with Crippen LogP contribution in [0.2, 0.25) is 0 Å². The Hall–Kier alpha value is -0.930. The van der Waals surface area contributed by atoms with Crippen LogP contribution in [0.5, 0.6) is 0 Å². The van der Waals surface area contributed by atoms with Gasteiger partial charge >= 0.3 is 0 Å². The Balaban J connectivity index is 2.26. The van der Waals surface area contributed by atoms with Gasteiger partial charge in [0.1, 0.15) is 5.82 Å². The molecule has 1 aliphatic heterocycles. The summed E-state index contributed by atoms with van der Waals surface area (Å²) in [5.74, 6) is -0.135. The topological polar surface area (TPSA) is 29.3 Å². The molecule has 2 atom stereocenters. The minimum Gasteiger partial charge on any atom is -0.326 e. The highest BCUT2D eigenvalue weighted by molar-refractivity contribution is 5.27. The van der Waals surface area contributed by atoms with Gasteiger partial charge < -0.3 is 5.73 Å². The molecule has 2 unspecified atom stereocenters. The number of hydrogen-bond acceptors (Lipinski definition) is 2. The summed E-state index contributed by atoms with van der Waals surface area (Å²) >= 11 is 0. The summed E-state index contributed by atoms with van der Waals surface area (Å²) in [6.45, 7) is 2.72. The minimum absolute atomic E-state index is 0.135. The number of nitrogens with two attached hydrogens (primary N) is 1. The summed E-state index contributed by atoms with van der Waals surface area (Å²) in [6.07, 6.45) is 0.960. The first-order valence-corrected chi connectivity index (χ1v) is 5.30. The molecule has 15 heavy (non-hydrogen) atoms. The lowest BCUT2D eigenvalue weighted by Gasteiger charge is -2.19. The fourth-order valence-corrected chi connectivity index (χ4v) is 2.30. The second-order valence-corrected chi connectivity index (χ2v) is 4.46. The number of rotatable bonds is 1. The van der Waals surface area contributed by atoms with Crippen LogP contribution in [-0.4, -0.2) is 24.5 Å². The molecule has 0 saturated carbocycles. The van der Waals surface area contributed by atoms with E-state index < -0.39 is 0 Å². The zero-order chi connectivity index (χ0) is 11.0. The van der Waals surface area contributed by atoms with Gasteiger partial charge in [0, 0.05) is 18.6 Å². The second-order valence-electron chi connectivity index (χ2n) is 4.46. The average Bonchev–Trinajstić information content (AvgIpc) is 2.50. The lowest BCUT2D eigenvalue weighted by Crippen LogP contribution is -2.24. The van der Waals surface area contributed by atoms with Gasteiger partial charge in [-0.25, -0.2) is 4.39 Å². The van der Waals surface area contributed by atoms with E-state index in [1.54, 1.807) is 13.0 Å². The molecule has 0 bridgehead atoms. The molecular weight excluding hydrogens is 191 g/mol. The van der Waals surface area contributed by atoms with Gasteiger partial charge in [-0.1, -0.05) is 12.1 Å². The van der Waals surface area contributed by atoms with Crippen molar-refractivity contribution in [2.45, 2.75) is 25.4 Å². The molecule has 2 N–H and O–H groups in total. The van der Waals surface area contributed by atoms with Crippen LogP contribution >= 0.6 is 0 Å². The van der Waals surface area contributed by atoms with Crippen molar-refractivity contribution in [2.75, 3.05) is 13.6 Å². The largest absolute Gasteiger partial charge is 0.326 e. The van der Waals surface area contributed by atoms with Crippen molar-refractivity contribution in [2.24, 2.45) is 5.73 Å². The lowest BCUT2D eigenvalue weighted by molar-refractivity contribution is 0.316. The molecule has 2 rings (SSSR count). The van der Waals surface area contributed by atoms with E-state index in [1.807, 2.05) is 12.1 Å². The highest BCUT2D eigenvalue weighted by atomic mass is 19.1. The van der Waals surface area contributed by atoms with Crippen LogP contribution in [0.4, 0.5) is 4.39 Å². The molecule has 2 nitrogen and oxygen atoms in total. The zero-order valence-corrected chi connectivity index (χ0v) is 9.20. The molecule has 0 spiro atoms. The maximum atomic E-state index is 13.1. The van der Waals surface area contributed by atoms with E-state index in [2.05, 4.69) is 11.9 Å². The Kier molecular flexibility index (Phi) is 2.76. The first kappa shape index (κ1) is 10.6. The fraction of sp³-hybridized carbons (Fsp3) is 0.500. The molecule has 1 heterocycles. The Labute approximate surface area is 89.9 Å². The van der Waals surface area contributed by atoms with Gasteiger partial charge in [0.25, 0.3) is 0 Å². The summed E-state index contributed by atoms with van der Waals surface area (Å²) in [4.78, 5) is 2.23. The number of halogens is 1. The van der Waals surface area contributed by atoms with Gasteiger partial charge in [0.05, 0.1) is 0 Å². The highest BCUT2D eigenvalue weighted by Crippen LogP contribution is 2.30. The standard InChI is InChI=1S/C12H17FN2/c1-8-5-9(3-4-11(8)13)12-6-10(14)7-15(12)2/h3-5,10,12H,6-7,14H2,1-2H3. The van der Waals surface area contributed by atoms with E-state index in [0.29, 0.717) is 11.6 Å². The quantitative estimate of drug-likeness (QED) is 0.763.